The Morgan fingerprint density at radius 1 is 1.27 bits per heavy atom. The van der Waals surface area contributed by atoms with Crippen molar-refractivity contribution >= 4 is 6.02 Å². The van der Waals surface area contributed by atoms with Crippen LogP contribution in [0.25, 0.3) is 0 Å². The quantitative estimate of drug-likeness (QED) is 0.759. The lowest BCUT2D eigenvalue weighted by Crippen LogP contribution is -2.21. The Morgan fingerprint density at radius 3 is 2.33 bits per heavy atom. The molecule has 1 aromatic rings. The van der Waals surface area contributed by atoms with Gasteiger partial charge in [0, 0.05) is 0 Å². The van der Waals surface area contributed by atoms with Gasteiger partial charge in [0.15, 0.2) is 0 Å². The Bertz CT molecular complexity index is 405. The van der Waals surface area contributed by atoms with Crippen LogP contribution in [0.3, 0.4) is 0 Å². The van der Waals surface area contributed by atoms with Crippen LogP contribution in [0.5, 0.6) is 0 Å². The van der Waals surface area contributed by atoms with Gasteiger partial charge in [-0.3, -0.25) is 0 Å². The maximum Gasteiger partial charge on any atom is 0.283 e. The van der Waals surface area contributed by atoms with Crippen molar-refractivity contribution in [3.63, 3.8) is 0 Å². The molecule has 1 atom stereocenters. The zero-order valence-corrected chi connectivity index (χ0v) is 9.37. The summed E-state index contributed by atoms with van der Waals surface area (Å²) in [6.45, 7) is 6.74. The summed E-state index contributed by atoms with van der Waals surface area (Å²) in [4.78, 5) is 4.35. The second-order valence-electron chi connectivity index (χ2n) is 4.39. The predicted molar refractivity (Wildman–Crippen MR) is 60.8 cm³/mol. The van der Waals surface area contributed by atoms with Crippen molar-refractivity contribution in [1.82, 2.24) is 0 Å². The van der Waals surface area contributed by atoms with Gasteiger partial charge in [-0.1, -0.05) is 29.3 Å². The largest absolute Gasteiger partial charge is 0.462 e. The Kier molecular flexibility index (Phi) is 2.18. The molecular formula is C12H16N2O. The lowest BCUT2D eigenvalue weighted by Gasteiger charge is -2.19. The maximum absolute atomic E-state index is 5.55. The smallest absolute Gasteiger partial charge is 0.283 e. The van der Waals surface area contributed by atoms with Crippen molar-refractivity contribution in [2.75, 3.05) is 6.61 Å². The molecule has 0 radical (unpaired) electrons. The second-order valence-corrected chi connectivity index (χ2v) is 4.39. The first-order chi connectivity index (χ1) is 6.99. The molecule has 0 bridgehead atoms. The highest BCUT2D eigenvalue weighted by Crippen LogP contribution is 2.30. The van der Waals surface area contributed by atoms with Gasteiger partial charge in [-0.2, -0.15) is 0 Å². The molecule has 0 aromatic heterocycles. The third kappa shape index (κ3) is 1.82. The Balaban J connectivity index is 2.45. The van der Waals surface area contributed by atoms with E-state index in [9.17, 15) is 0 Å². The fourth-order valence-electron chi connectivity index (χ4n) is 1.96. The number of nitrogens with two attached hydrogens (primary N) is 1. The van der Waals surface area contributed by atoms with Gasteiger partial charge in [0.2, 0.25) is 0 Å². The van der Waals surface area contributed by atoms with E-state index in [1.54, 1.807) is 0 Å². The summed E-state index contributed by atoms with van der Waals surface area (Å²) >= 11 is 0. The molecule has 15 heavy (non-hydrogen) atoms. The van der Waals surface area contributed by atoms with Crippen LogP contribution in [0.1, 0.15) is 23.6 Å². The minimum absolute atomic E-state index is 0.289. The van der Waals surface area contributed by atoms with E-state index in [2.05, 4.69) is 37.0 Å². The Labute approximate surface area is 90.0 Å². The molecule has 0 spiro atoms. The molecular weight excluding hydrogens is 188 g/mol. The number of amidine groups is 1. The molecule has 3 heteroatoms. The van der Waals surface area contributed by atoms with E-state index in [0.717, 1.165) is 0 Å². The molecule has 2 N–H and O–H groups in total. The summed E-state index contributed by atoms with van der Waals surface area (Å²) in [5.41, 5.74) is 8.89. The molecule has 0 aliphatic carbocycles. The van der Waals surface area contributed by atoms with Crippen LogP contribution in [-0.2, 0) is 10.3 Å². The van der Waals surface area contributed by atoms with Gasteiger partial charge in [-0.15, -0.1) is 0 Å². The summed E-state index contributed by atoms with van der Waals surface area (Å²) in [5.74, 6) is 0. The average molecular weight is 204 g/mol. The third-order valence-corrected chi connectivity index (χ3v) is 2.70. The summed E-state index contributed by atoms with van der Waals surface area (Å²) in [7, 11) is 0. The van der Waals surface area contributed by atoms with Gasteiger partial charge in [-0.25, -0.2) is 4.99 Å². The lowest BCUT2D eigenvalue weighted by atomic mass is 9.91. The molecule has 0 fully saturated rings. The number of nitrogens with zero attached hydrogens (tertiary/aromatic N) is 1. The van der Waals surface area contributed by atoms with Crippen LogP contribution in [0, 0.1) is 13.8 Å². The summed E-state index contributed by atoms with van der Waals surface area (Å²) in [6, 6.07) is 6.71. The fourth-order valence-corrected chi connectivity index (χ4v) is 1.96. The van der Waals surface area contributed by atoms with Gasteiger partial charge < -0.3 is 10.5 Å². The Morgan fingerprint density at radius 2 is 1.87 bits per heavy atom. The van der Waals surface area contributed by atoms with Gasteiger partial charge >= 0.3 is 0 Å². The molecule has 0 amide bonds. The molecule has 0 saturated heterocycles. The average Bonchev–Trinajstić information content (AvgIpc) is 2.46. The van der Waals surface area contributed by atoms with Gasteiger partial charge in [0.05, 0.1) is 0 Å². The van der Waals surface area contributed by atoms with Crippen LogP contribution in [0.4, 0.5) is 0 Å². The van der Waals surface area contributed by atoms with E-state index in [1.165, 1.54) is 16.7 Å². The van der Waals surface area contributed by atoms with Crippen LogP contribution in [0.2, 0.25) is 0 Å². The molecule has 0 saturated carbocycles. The van der Waals surface area contributed by atoms with Crippen LogP contribution >= 0.6 is 0 Å². The number of benzene rings is 1. The molecule has 1 aliphatic rings. The van der Waals surface area contributed by atoms with E-state index in [4.69, 9.17) is 10.5 Å². The van der Waals surface area contributed by atoms with Crippen LogP contribution in [-0.4, -0.2) is 12.6 Å². The van der Waals surface area contributed by atoms with E-state index in [-0.39, 0.29) is 11.6 Å². The standard InChI is InChI=1S/C12H16N2O/c1-8-4-9(2)6-10(5-8)12(3)7-15-11(13)14-12/h4-6H,7H2,1-3H3,(H2,13,14). The molecule has 2 rings (SSSR count). The normalized spacial score (nSPS) is 24.9. The number of hydrogen-bond donors (Lipinski definition) is 1. The van der Waals surface area contributed by atoms with Gasteiger partial charge in [-0.05, 0) is 26.3 Å². The van der Waals surface area contributed by atoms with E-state index >= 15 is 0 Å². The minimum atomic E-state index is -0.319. The molecule has 1 unspecified atom stereocenters. The summed E-state index contributed by atoms with van der Waals surface area (Å²) in [6.07, 6.45) is 0. The molecule has 80 valence electrons. The topological polar surface area (TPSA) is 47.6 Å². The lowest BCUT2D eigenvalue weighted by molar-refractivity contribution is 0.266. The summed E-state index contributed by atoms with van der Waals surface area (Å²) < 4.78 is 5.23. The maximum atomic E-state index is 5.55. The Hall–Kier alpha value is -1.51. The number of ether oxygens (including phenoxy) is 1. The zero-order chi connectivity index (χ0) is 11.1. The zero-order valence-electron chi connectivity index (χ0n) is 9.37. The van der Waals surface area contributed by atoms with Crippen molar-refractivity contribution in [2.45, 2.75) is 26.3 Å². The molecule has 1 aromatic carbocycles. The number of aliphatic imine (C=N–C) groups is 1. The fraction of sp³-hybridized carbons (Fsp3) is 0.417. The van der Waals surface area contributed by atoms with Crippen molar-refractivity contribution in [1.29, 1.82) is 0 Å². The number of hydrogen-bond acceptors (Lipinski definition) is 3. The van der Waals surface area contributed by atoms with Gasteiger partial charge in [0.1, 0.15) is 12.1 Å². The third-order valence-electron chi connectivity index (χ3n) is 2.70. The van der Waals surface area contributed by atoms with E-state index in [0.29, 0.717) is 6.61 Å². The van der Waals surface area contributed by atoms with Crippen molar-refractivity contribution in [2.24, 2.45) is 10.7 Å². The number of aryl methyl sites for hydroxylation is 2. The molecule has 1 aliphatic heterocycles. The first-order valence-corrected chi connectivity index (χ1v) is 5.06. The first-order valence-electron chi connectivity index (χ1n) is 5.06. The van der Waals surface area contributed by atoms with Crippen molar-refractivity contribution in [3.05, 3.63) is 34.9 Å². The SMILES string of the molecule is Cc1cc(C)cc(C2(C)COC(N)=N2)c1. The summed E-state index contributed by atoms with van der Waals surface area (Å²) in [5, 5.41) is 0. The van der Waals surface area contributed by atoms with Gasteiger partial charge in [0.25, 0.3) is 6.02 Å². The first kappa shape index (κ1) is 10.0. The highest BCUT2D eigenvalue weighted by Gasteiger charge is 2.32. The monoisotopic (exact) mass is 204 g/mol. The number of rotatable bonds is 1. The van der Waals surface area contributed by atoms with E-state index in [1.807, 2.05) is 6.92 Å². The van der Waals surface area contributed by atoms with Crippen molar-refractivity contribution in [3.8, 4) is 0 Å². The predicted octanol–water partition coefficient (Wildman–Crippen LogP) is 1.86. The second kappa shape index (κ2) is 3.26. The molecule has 3 nitrogen and oxygen atoms in total. The minimum Gasteiger partial charge on any atom is -0.462 e. The van der Waals surface area contributed by atoms with E-state index < -0.39 is 0 Å². The molecule has 1 heterocycles. The van der Waals surface area contributed by atoms with Crippen LogP contribution in [0.15, 0.2) is 23.2 Å². The van der Waals surface area contributed by atoms with Crippen molar-refractivity contribution < 1.29 is 4.74 Å². The highest BCUT2D eigenvalue weighted by molar-refractivity contribution is 5.74. The van der Waals surface area contributed by atoms with Crippen LogP contribution < -0.4 is 5.73 Å². The highest BCUT2D eigenvalue weighted by atomic mass is 16.5.